The monoisotopic (exact) mass is 236 g/mol. The number of nitrogens with zero attached hydrogens (tertiary/aromatic N) is 4. The number of aromatic nitrogens is 1. The summed E-state index contributed by atoms with van der Waals surface area (Å²) in [5.41, 5.74) is 3.33. The van der Waals surface area contributed by atoms with E-state index in [1.165, 1.54) is 0 Å². The molecule has 0 spiro atoms. The Kier molecular flexibility index (Phi) is 2.84. The molecule has 0 unspecified atom stereocenters. The van der Waals surface area contributed by atoms with Crippen LogP contribution in [0.1, 0.15) is 0 Å². The second-order valence-corrected chi connectivity index (χ2v) is 3.97. The lowest BCUT2D eigenvalue weighted by atomic mass is 10.1. The molecule has 88 valence electrons. The molecule has 1 aliphatic rings. The highest BCUT2D eigenvalue weighted by molar-refractivity contribution is 5.87. The summed E-state index contributed by atoms with van der Waals surface area (Å²) in [5.74, 6) is 0. The Hall–Kier alpha value is -2.49. The van der Waals surface area contributed by atoms with E-state index in [4.69, 9.17) is 0 Å². The molecule has 0 aliphatic carbocycles. The van der Waals surface area contributed by atoms with Gasteiger partial charge in [0, 0.05) is 23.6 Å². The molecule has 2 heterocycles. The molecule has 0 fully saturated rings. The third-order valence-electron chi connectivity index (χ3n) is 2.76. The Morgan fingerprint density at radius 3 is 2.78 bits per heavy atom. The predicted molar refractivity (Wildman–Crippen MR) is 74.0 cm³/mol. The van der Waals surface area contributed by atoms with Crippen molar-refractivity contribution in [1.29, 1.82) is 0 Å². The summed E-state index contributed by atoms with van der Waals surface area (Å²) >= 11 is 0. The van der Waals surface area contributed by atoms with Crippen LogP contribution < -0.4 is 4.90 Å². The summed E-state index contributed by atoms with van der Waals surface area (Å²) in [6.07, 6.45) is 7.00. The van der Waals surface area contributed by atoms with Crippen LogP contribution in [0.15, 0.2) is 58.8 Å². The van der Waals surface area contributed by atoms with E-state index in [9.17, 15) is 0 Å². The molecule has 0 atom stereocenters. The van der Waals surface area contributed by atoms with Crippen molar-refractivity contribution in [3.05, 3.63) is 48.8 Å². The summed E-state index contributed by atoms with van der Waals surface area (Å²) in [5, 5.41) is 0. The first-order valence-electron chi connectivity index (χ1n) is 5.72. The normalized spacial score (nSPS) is 13.9. The van der Waals surface area contributed by atoms with Crippen LogP contribution in [0.3, 0.4) is 0 Å². The molecule has 0 amide bonds. The van der Waals surface area contributed by atoms with Crippen LogP contribution in [-0.4, -0.2) is 24.3 Å². The molecule has 0 saturated carbocycles. The van der Waals surface area contributed by atoms with Gasteiger partial charge in [0.15, 0.2) is 0 Å². The molecule has 0 radical (unpaired) electrons. The van der Waals surface area contributed by atoms with Gasteiger partial charge in [-0.15, -0.1) is 0 Å². The first kappa shape index (κ1) is 10.7. The number of rotatable bonds is 2. The molecule has 3 rings (SSSR count). The fourth-order valence-electron chi connectivity index (χ4n) is 1.86. The largest absolute Gasteiger partial charge is 0.312 e. The molecule has 1 aromatic carbocycles. The molecule has 0 bridgehead atoms. The second kappa shape index (κ2) is 4.79. The molecule has 4 heteroatoms. The summed E-state index contributed by atoms with van der Waals surface area (Å²) in [4.78, 5) is 14.3. The van der Waals surface area contributed by atoms with Gasteiger partial charge < -0.3 is 4.90 Å². The van der Waals surface area contributed by atoms with Gasteiger partial charge in [-0.3, -0.25) is 9.98 Å². The molecule has 1 aromatic heterocycles. The van der Waals surface area contributed by atoms with Gasteiger partial charge in [0.2, 0.25) is 0 Å². The fraction of sp³-hybridized carbons (Fsp3) is 0.0714. The lowest BCUT2D eigenvalue weighted by Gasteiger charge is -2.19. The van der Waals surface area contributed by atoms with E-state index in [2.05, 4.69) is 33.2 Å². The van der Waals surface area contributed by atoms with Crippen LogP contribution in [0.2, 0.25) is 0 Å². The first-order chi connectivity index (χ1) is 8.93. The zero-order valence-corrected chi connectivity index (χ0v) is 9.77. The molecule has 4 nitrogen and oxygen atoms in total. The van der Waals surface area contributed by atoms with Crippen molar-refractivity contribution in [1.82, 2.24) is 4.98 Å². The van der Waals surface area contributed by atoms with E-state index in [1.54, 1.807) is 18.9 Å². The zero-order valence-electron chi connectivity index (χ0n) is 9.77. The third-order valence-corrected chi connectivity index (χ3v) is 2.76. The van der Waals surface area contributed by atoms with Crippen molar-refractivity contribution >= 4 is 18.4 Å². The Labute approximate surface area is 105 Å². The van der Waals surface area contributed by atoms with Gasteiger partial charge in [-0.05, 0) is 23.8 Å². The van der Waals surface area contributed by atoms with Gasteiger partial charge in [0.1, 0.15) is 13.0 Å². The van der Waals surface area contributed by atoms with Crippen molar-refractivity contribution in [2.75, 3.05) is 11.6 Å². The van der Waals surface area contributed by atoms with E-state index in [1.807, 2.05) is 29.3 Å². The molecular weight excluding hydrogens is 224 g/mol. The molecule has 1 aliphatic heterocycles. The lowest BCUT2D eigenvalue weighted by molar-refractivity contribution is 1.01. The quantitative estimate of drug-likeness (QED) is 0.804. The summed E-state index contributed by atoms with van der Waals surface area (Å²) in [6, 6.07) is 12.3. The smallest absolute Gasteiger partial charge is 0.117 e. The number of benzene rings is 1. The van der Waals surface area contributed by atoms with E-state index >= 15 is 0 Å². The van der Waals surface area contributed by atoms with Crippen LogP contribution in [0.5, 0.6) is 0 Å². The van der Waals surface area contributed by atoms with Gasteiger partial charge >= 0.3 is 0 Å². The minimum atomic E-state index is 0.611. The van der Waals surface area contributed by atoms with Crippen molar-refractivity contribution in [3.8, 4) is 11.1 Å². The van der Waals surface area contributed by atoms with Crippen LogP contribution in [0.4, 0.5) is 5.69 Å². The van der Waals surface area contributed by atoms with Gasteiger partial charge in [-0.25, -0.2) is 4.99 Å². The van der Waals surface area contributed by atoms with Gasteiger partial charge in [0.25, 0.3) is 0 Å². The Morgan fingerprint density at radius 1 is 1.06 bits per heavy atom. The maximum atomic E-state index is 4.14. The molecule has 18 heavy (non-hydrogen) atoms. The molecule has 0 saturated heterocycles. The summed E-state index contributed by atoms with van der Waals surface area (Å²) < 4.78 is 0. The Morgan fingerprint density at radius 2 is 2.00 bits per heavy atom. The number of hydrogen-bond acceptors (Lipinski definition) is 4. The minimum absolute atomic E-state index is 0.611. The highest BCUT2D eigenvalue weighted by atomic mass is 15.2. The predicted octanol–water partition coefficient (Wildman–Crippen LogP) is 2.58. The van der Waals surface area contributed by atoms with E-state index < -0.39 is 0 Å². The van der Waals surface area contributed by atoms with Crippen molar-refractivity contribution in [3.63, 3.8) is 0 Å². The zero-order chi connectivity index (χ0) is 12.2. The van der Waals surface area contributed by atoms with Gasteiger partial charge in [0.05, 0.1) is 6.34 Å². The van der Waals surface area contributed by atoms with E-state index in [0.717, 1.165) is 16.8 Å². The topological polar surface area (TPSA) is 40.9 Å². The maximum absolute atomic E-state index is 4.14. The number of aliphatic imine (C=N–C) groups is 2. The van der Waals surface area contributed by atoms with E-state index in [0.29, 0.717) is 6.67 Å². The first-order valence-corrected chi connectivity index (χ1v) is 5.72. The Bertz CT molecular complexity index is 590. The highest BCUT2D eigenvalue weighted by Gasteiger charge is 2.06. The Balaban J connectivity index is 1.94. The number of hydrogen-bond donors (Lipinski definition) is 0. The maximum Gasteiger partial charge on any atom is 0.117 e. The van der Waals surface area contributed by atoms with Crippen molar-refractivity contribution < 1.29 is 0 Å². The average Bonchev–Trinajstić information content (AvgIpc) is 2.49. The van der Waals surface area contributed by atoms with Crippen molar-refractivity contribution in [2.24, 2.45) is 9.98 Å². The molecule has 2 aromatic rings. The molecule has 0 N–H and O–H groups in total. The fourth-order valence-corrected chi connectivity index (χ4v) is 1.86. The van der Waals surface area contributed by atoms with Gasteiger partial charge in [-0.2, -0.15) is 0 Å². The third kappa shape index (κ3) is 2.13. The summed E-state index contributed by atoms with van der Waals surface area (Å²) in [7, 11) is 0. The lowest BCUT2D eigenvalue weighted by Crippen LogP contribution is -2.23. The standard InChI is InChI=1S/C14H12N4/c1-3-12(13-4-2-6-15-8-13)7-14(5-1)18-10-16-9-17-11-18/h1-10H,11H2. The second-order valence-electron chi connectivity index (χ2n) is 3.97. The number of anilines is 1. The minimum Gasteiger partial charge on any atom is -0.312 e. The number of pyridine rings is 1. The van der Waals surface area contributed by atoms with Crippen LogP contribution in [-0.2, 0) is 0 Å². The van der Waals surface area contributed by atoms with E-state index in [-0.39, 0.29) is 0 Å². The average molecular weight is 236 g/mol. The SMILES string of the molecule is C1=NC=NCN1c1cccc(-c2cccnc2)c1. The van der Waals surface area contributed by atoms with Crippen LogP contribution in [0.25, 0.3) is 11.1 Å². The van der Waals surface area contributed by atoms with Gasteiger partial charge in [-0.1, -0.05) is 18.2 Å². The van der Waals surface area contributed by atoms with Crippen LogP contribution in [0, 0.1) is 0 Å². The summed E-state index contributed by atoms with van der Waals surface area (Å²) in [6.45, 7) is 0.611. The highest BCUT2D eigenvalue weighted by Crippen LogP contribution is 2.23. The van der Waals surface area contributed by atoms with Crippen molar-refractivity contribution in [2.45, 2.75) is 0 Å². The molecular formula is C14H12N4. The van der Waals surface area contributed by atoms with Crippen LogP contribution >= 0.6 is 0 Å².